The summed E-state index contributed by atoms with van der Waals surface area (Å²) >= 11 is 0. The van der Waals surface area contributed by atoms with E-state index in [1.54, 1.807) is 12.1 Å². The summed E-state index contributed by atoms with van der Waals surface area (Å²) in [6, 6.07) is 6.09. The Labute approximate surface area is 102 Å². The van der Waals surface area contributed by atoms with Crippen molar-refractivity contribution in [2.45, 2.75) is 39.0 Å². The Bertz CT molecular complexity index is 366. The van der Waals surface area contributed by atoms with Gasteiger partial charge in [0.1, 0.15) is 0 Å². The summed E-state index contributed by atoms with van der Waals surface area (Å²) in [5.41, 5.74) is 0.224. The molecule has 0 radical (unpaired) electrons. The Morgan fingerprint density at radius 1 is 0.941 bits per heavy atom. The van der Waals surface area contributed by atoms with Gasteiger partial charge in [0.2, 0.25) is 0 Å². The van der Waals surface area contributed by atoms with Crippen LogP contribution in [0, 0.1) is 0 Å². The molecule has 0 heterocycles. The van der Waals surface area contributed by atoms with Gasteiger partial charge in [0.05, 0.1) is 16.6 Å². The summed E-state index contributed by atoms with van der Waals surface area (Å²) in [6.45, 7) is 3.19. The second-order valence-electron chi connectivity index (χ2n) is 4.93. The lowest BCUT2D eigenvalue weighted by Gasteiger charge is -2.24. The molecule has 0 aliphatic carbocycles. The van der Waals surface area contributed by atoms with Gasteiger partial charge in [0.15, 0.2) is 0 Å². The van der Waals surface area contributed by atoms with E-state index in [4.69, 9.17) is 0 Å². The van der Waals surface area contributed by atoms with Crippen LogP contribution in [0.15, 0.2) is 24.3 Å². The van der Waals surface area contributed by atoms with E-state index < -0.39 is 14.9 Å². The molecule has 0 saturated carbocycles. The molecule has 0 amide bonds. The third kappa shape index (κ3) is 3.48. The number of rotatable bonds is 4. The molecule has 0 fully saturated rings. The zero-order valence-corrected chi connectivity index (χ0v) is 11.7. The minimum Gasteiger partial charge on any atom is -0.445 e. The Morgan fingerprint density at radius 3 is 1.82 bits per heavy atom. The first-order valence-electron chi connectivity index (χ1n) is 5.91. The van der Waals surface area contributed by atoms with Crippen LogP contribution in [-0.2, 0) is 0 Å². The van der Waals surface area contributed by atoms with E-state index in [1.807, 2.05) is 27.7 Å². The molecular formula is C12H19BF3P. The van der Waals surface area contributed by atoms with Crippen molar-refractivity contribution in [3.8, 4) is 0 Å². The number of hydrogen-bond donors (Lipinski definition) is 0. The second-order valence-corrected chi connectivity index (χ2v) is 8.69. The molecule has 0 aliphatic rings. The van der Waals surface area contributed by atoms with Gasteiger partial charge in [-0.1, -0.05) is 23.7 Å². The molecule has 0 aromatic heterocycles. The number of benzene rings is 1. The van der Waals surface area contributed by atoms with E-state index in [9.17, 15) is 12.9 Å². The SMILES string of the molecule is CC(C)[PH+](c1ccccc1[B-](F)(F)F)C(C)C. The average Bonchev–Trinajstić information content (AvgIpc) is 2.15. The van der Waals surface area contributed by atoms with Crippen molar-refractivity contribution in [1.29, 1.82) is 0 Å². The van der Waals surface area contributed by atoms with Gasteiger partial charge in [0, 0.05) is 7.92 Å². The normalized spacial score (nSPS) is 12.8. The first kappa shape index (κ1) is 14.6. The van der Waals surface area contributed by atoms with Crippen molar-refractivity contribution in [3.63, 3.8) is 0 Å². The molecule has 0 bridgehead atoms. The van der Waals surface area contributed by atoms with Crippen LogP contribution in [0.1, 0.15) is 27.7 Å². The fraction of sp³-hybridized carbons (Fsp3) is 0.500. The Hall–Kier alpha value is -0.495. The lowest BCUT2D eigenvalue weighted by molar-refractivity contribution is 0.501. The molecule has 0 spiro atoms. The van der Waals surface area contributed by atoms with Gasteiger partial charge in [-0.25, -0.2) is 0 Å². The predicted molar refractivity (Wildman–Crippen MR) is 73.4 cm³/mol. The van der Waals surface area contributed by atoms with Gasteiger partial charge in [0.25, 0.3) is 0 Å². The molecule has 0 unspecified atom stereocenters. The van der Waals surface area contributed by atoms with Gasteiger partial charge in [-0.05, 0) is 33.8 Å². The molecule has 0 N–H and O–H groups in total. The van der Waals surface area contributed by atoms with Crippen molar-refractivity contribution in [2.24, 2.45) is 0 Å². The molecule has 0 atom stereocenters. The van der Waals surface area contributed by atoms with E-state index in [0.29, 0.717) is 16.6 Å². The van der Waals surface area contributed by atoms with Crippen LogP contribution in [0.2, 0.25) is 0 Å². The van der Waals surface area contributed by atoms with Gasteiger partial charge < -0.3 is 12.9 Å². The third-order valence-electron chi connectivity index (χ3n) is 2.87. The number of hydrogen-bond acceptors (Lipinski definition) is 0. The van der Waals surface area contributed by atoms with Crippen LogP contribution in [0.3, 0.4) is 0 Å². The van der Waals surface area contributed by atoms with Crippen molar-refractivity contribution in [1.82, 2.24) is 0 Å². The summed E-state index contributed by atoms with van der Waals surface area (Å²) in [5.74, 6) is 0. The first-order chi connectivity index (χ1) is 7.75. The van der Waals surface area contributed by atoms with Crippen molar-refractivity contribution in [2.75, 3.05) is 0 Å². The zero-order chi connectivity index (χ0) is 13.2. The van der Waals surface area contributed by atoms with Gasteiger partial charge in [-0.2, -0.15) is 0 Å². The highest BCUT2D eigenvalue weighted by Gasteiger charge is 2.36. The summed E-state index contributed by atoms with van der Waals surface area (Å²) in [7, 11) is -1.17. The van der Waals surface area contributed by atoms with Crippen LogP contribution in [0.25, 0.3) is 0 Å². The molecule has 0 nitrogen and oxygen atoms in total. The maximum absolute atomic E-state index is 13.0. The van der Waals surface area contributed by atoms with Crippen molar-refractivity contribution >= 4 is 25.7 Å². The highest BCUT2D eigenvalue weighted by molar-refractivity contribution is 7.67. The van der Waals surface area contributed by atoms with E-state index in [1.165, 1.54) is 12.1 Å². The summed E-state index contributed by atoms with van der Waals surface area (Å²) in [6.07, 6.45) is 0. The fourth-order valence-electron chi connectivity index (χ4n) is 2.33. The highest BCUT2D eigenvalue weighted by atomic mass is 31.1. The molecular weight excluding hydrogens is 243 g/mol. The maximum atomic E-state index is 13.0. The van der Waals surface area contributed by atoms with Gasteiger partial charge in [-0.3, -0.25) is 0 Å². The standard InChI is InChI=1S/C12H18BF3P/c1-9(2)17(10(3)4)12-8-6-5-7-11(12)13(14,15)16/h5-10H,1-4H3/q-1/p+1. The molecule has 0 saturated heterocycles. The molecule has 0 aliphatic heterocycles. The Morgan fingerprint density at radius 2 is 1.41 bits per heavy atom. The number of halogens is 3. The smallest absolute Gasteiger partial charge is 0.445 e. The predicted octanol–water partition coefficient (Wildman–Crippen LogP) is 3.40. The summed E-state index contributed by atoms with van der Waals surface area (Å²) in [5, 5.41) is 0.551. The average molecular weight is 262 g/mol. The molecule has 17 heavy (non-hydrogen) atoms. The Balaban J connectivity index is 3.29. The molecule has 1 rings (SSSR count). The van der Waals surface area contributed by atoms with E-state index in [-0.39, 0.29) is 5.46 Å². The third-order valence-corrected chi connectivity index (χ3v) is 6.43. The van der Waals surface area contributed by atoms with Crippen LogP contribution < -0.4 is 10.8 Å². The lowest BCUT2D eigenvalue weighted by atomic mass is 9.80. The molecule has 1 aromatic rings. The quantitative estimate of drug-likeness (QED) is 0.576. The minimum atomic E-state index is -4.90. The van der Waals surface area contributed by atoms with Crippen LogP contribution >= 0.6 is 7.92 Å². The Kier molecular flexibility index (Phi) is 4.65. The van der Waals surface area contributed by atoms with Crippen LogP contribution in [0.4, 0.5) is 12.9 Å². The lowest BCUT2D eigenvalue weighted by Crippen LogP contribution is -2.44. The van der Waals surface area contributed by atoms with E-state index in [0.717, 1.165) is 0 Å². The molecule has 5 heteroatoms. The van der Waals surface area contributed by atoms with Crippen LogP contribution in [-0.4, -0.2) is 18.3 Å². The zero-order valence-electron chi connectivity index (χ0n) is 10.7. The fourth-order valence-corrected chi connectivity index (χ4v) is 5.78. The summed E-state index contributed by atoms with van der Waals surface area (Å²) < 4.78 is 39.0. The summed E-state index contributed by atoms with van der Waals surface area (Å²) in [4.78, 5) is 0. The van der Waals surface area contributed by atoms with E-state index in [2.05, 4.69) is 0 Å². The van der Waals surface area contributed by atoms with Gasteiger partial charge >= 0.3 is 6.98 Å². The topological polar surface area (TPSA) is 0 Å². The second kappa shape index (κ2) is 5.43. The maximum Gasteiger partial charge on any atom is 0.513 e. The van der Waals surface area contributed by atoms with E-state index >= 15 is 0 Å². The van der Waals surface area contributed by atoms with Crippen molar-refractivity contribution < 1.29 is 12.9 Å². The molecule has 96 valence electrons. The van der Waals surface area contributed by atoms with Crippen LogP contribution in [0.5, 0.6) is 0 Å². The highest BCUT2D eigenvalue weighted by Crippen LogP contribution is 2.44. The minimum absolute atomic E-state index is 0.305. The van der Waals surface area contributed by atoms with Crippen molar-refractivity contribution in [3.05, 3.63) is 24.3 Å². The largest absolute Gasteiger partial charge is 0.513 e. The molecule has 1 aromatic carbocycles. The first-order valence-corrected chi connectivity index (χ1v) is 7.56. The monoisotopic (exact) mass is 262 g/mol. The van der Waals surface area contributed by atoms with Gasteiger partial charge in [-0.15, -0.1) is 0 Å².